The van der Waals surface area contributed by atoms with Gasteiger partial charge in [0, 0.05) is 6.04 Å². The quantitative estimate of drug-likeness (QED) is 0.867. The van der Waals surface area contributed by atoms with E-state index in [-0.39, 0.29) is 24.2 Å². The highest BCUT2D eigenvalue weighted by Crippen LogP contribution is 2.34. The number of benzene rings is 1. The molecule has 0 aromatic heterocycles. The fourth-order valence-electron chi connectivity index (χ4n) is 2.13. The predicted molar refractivity (Wildman–Crippen MR) is 77.6 cm³/mol. The van der Waals surface area contributed by atoms with Crippen molar-refractivity contribution >= 4 is 9.84 Å². The monoisotopic (exact) mass is 299 g/mol. The van der Waals surface area contributed by atoms with Crippen molar-refractivity contribution in [3.05, 3.63) is 23.8 Å². The highest BCUT2D eigenvalue weighted by Gasteiger charge is 2.22. The molecule has 1 aliphatic rings. The molecule has 20 heavy (non-hydrogen) atoms. The molecule has 6 heteroatoms. The van der Waals surface area contributed by atoms with Gasteiger partial charge in [0.05, 0.1) is 11.5 Å². The fourth-order valence-corrected chi connectivity index (χ4v) is 4.11. The van der Waals surface area contributed by atoms with Crippen LogP contribution in [0.15, 0.2) is 18.2 Å². The van der Waals surface area contributed by atoms with Crippen LogP contribution >= 0.6 is 0 Å². The number of hydrogen-bond donors (Lipinski definition) is 1. The summed E-state index contributed by atoms with van der Waals surface area (Å²) in [5.74, 6) is 1.59. The Morgan fingerprint density at radius 2 is 1.95 bits per heavy atom. The van der Waals surface area contributed by atoms with Gasteiger partial charge in [-0.2, -0.15) is 0 Å². The Bertz CT molecular complexity index is 571. The van der Waals surface area contributed by atoms with Crippen molar-refractivity contribution in [2.24, 2.45) is 11.7 Å². The lowest BCUT2D eigenvalue weighted by Gasteiger charge is -2.15. The smallest absolute Gasteiger partial charge is 0.231 e. The third-order valence-corrected chi connectivity index (χ3v) is 5.44. The maximum atomic E-state index is 12.1. The summed E-state index contributed by atoms with van der Waals surface area (Å²) in [6, 6.07) is 4.76. The molecule has 1 aromatic rings. The van der Waals surface area contributed by atoms with Gasteiger partial charge in [-0.1, -0.05) is 26.3 Å². The summed E-state index contributed by atoms with van der Waals surface area (Å²) in [6.07, 6.45) is 0.846. The zero-order valence-corrected chi connectivity index (χ0v) is 12.7. The summed E-state index contributed by atoms with van der Waals surface area (Å²) in [7, 11) is -3.15. The highest BCUT2D eigenvalue weighted by atomic mass is 32.2. The molecule has 2 rings (SSSR count). The Morgan fingerprint density at radius 3 is 2.65 bits per heavy atom. The molecule has 0 saturated heterocycles. The molecule has 0 fully saturated rings. The molecule has 0 saturated carbocycles. The van der Waals surface area contributed by atoms with E-state index >= 15 is 0 Å². The van der Waals surface area contributed by atoms with Crippen LogP contribution in [0.25, 0.3) is 0 Å². The molecule has 0 aliphatic carbocycles. The van der Waals surface area contributed by atoms with Crippen molar-refractivity contribution in [3.63, 3.8) is 0 Å². The van der Waals surface area contributed by atoms with E-state index in [1.807, 2.05) is 13.8 Å². The standard InChI is InChI=1S/C14H21NO4S/c1-3-10(2)7-20(16,17)8-12(15)11-4-5-13-14(6-11)19-9-18-13/h4-6,10,12H,3,7-9,15H2,1-2H3. The zero-order chi connectivity index (χ0) is 14.8. The minimum atomic E-state index is -3.15. The number of hydrogen-bond acceptors (Lipinski definition) is 5. The van der Waals surface area contributed by atoms with Gasteiger partial charge in [-0.25, -0.2) is 8.42 Å². The molecule has 1 aromatic carbocycles. The van der Waals surface area contributed by atoms with Crippen molar-refractivity contribution in [1.29, 1.82) is 0 Å². The molecular formula is C14H21NO4S. The van der Waals surface area contributed by atoms with E-state index in [1.165, 1.54) is 0 Å². The highest BCUT2D eigenvalue weighted by molar-refractivity contribution is 7.91. The summed E-state index contributed by atoms with van der Waals surface area (Å²) < 4.78 is 34.7. The second kappa shape index (κ2) is 6.01. The van der Waals surface area contributed by atoms with Crippen LogP contribution in [0.5, 0.6) is 11.5 Å². The van der Waals surface area contributed by atoms with Crippen LogP contribution in [-0.4, -0.2) is 26.7 Å². The number of fused-ring (bicyclic) bond motifs is 1. The molecule has 0 spiro atoms. The van der Waals surface area contributed by atoms with E-state index in [4.69, 9.17) is 15.2 Å². The summed E-state index contributed by atoms with van der Waals surface area (Å²) in [5, 5.41) is 0. The van der Waals surface area contributed by atoms with Crippen LogP contribution in [0.3, 0.4) is 0 Å². The number of sulfone groups is 1. The number of ether oxygens (including phenoxy) is 2. The molecule has 0 bridgehead atoms. The lowest BCUT2D eigenvalue weighted by molar-refractivity contribution is 0.174. The lowest BCUT2D eigenvalue weighted by atomic mass is 10.1. The third kappa shape index (κ3) is 3.64. The summed E-state index contributed by atoms with van der Waals surface area (Å²) in [5.41, 5.74) is 6.77. The molecule has 2 unspecified atom stereocenters. The van der Waals surface area contributed by atoms with Crippen molar-refractivity contribution in [2.75, 3.05) is 18.3 Å². The second-order valence-electron chi connectivity index (χ2n) is 5.31. The van der Waals surface area contributed by atoms with Crippen LogP contribution < -0.4 is 15.2 Å². The van der Waals surface area contributed by atoms with E-state index in [0.29, 0.717) is 11.5 Å². The van der Waals surface area contributed by atoms with Crippen molar-refractivity contribution in [3.8, 4) is 11.5 Å². The van der Waals surface area contributed by atoms with Crippen LogP contribution in [0.4, 0.5) is 0 Å². The van der Waals surface area contributed by atoms with E-state index in [1.54, 1.807) is 18.2 Å². The molecule has 1 heterocycles. The maximum Gasteiger partial charge on any atom is 0.231 e. The largest absolute Gasteiger partial charge is 0.454 e. The molecule has 0 radical (unpaired) electrons. The van der Waals surface area contributed by atoms with Crippen molar-refractivity contribution in [2.45, 2.75) is 26.3 Å². The van der Waals surface area contributed by atoms with Gasteiger partial charge in [-0.05, 0) is 23.6 Å². The van der Waals surface area contributed by atoms with E-state index in [2.05, 4.69) is 0 Å². The third-order valence-electron chi connectivity index (χ3n) is 3.49. The zero-order valence-electron chi connectivity index (χ0n) is 11.8. The van der Waals surface area contributed by atoms with E-state index < -0.39 is 15.9 Å². The molecule has 0 amide bonds. The van der Waals surface area contributed by atoms with Gasteiger partial charge in [0.2, 0.25) is 6.79 Å². The van der Waals surface area contributed by atoms with Crippen LogP contribution in [-0.2, 0) is 9.84 Å². The Hall–Kier alpha value is -1.27. The lowest BCUT2D eigenvalue weighted by Crippen LogP contribution is -2.25. The van der Waals surface area contributed by atoms with Gasteiger partial charge in [0.1, 0.15) is 0 Å². The summed E-state index contributed by atoms with van der Waals surface area (Å²) in [4.78, 5) is 0. The topological polar surface area (TPSA) is 78.6 Å². The first-order valence-corrected chi connectivity index (χ1v) is 8.59. The van der Waals surface area contributed by atoms with Crippen molar-refractivity contribution in [1.82, 2.24) is 0 Å². The molecule has 112 valence electrons. The van der Waals surface area contributed by atoms with Gasteiger partial charge < -0.3 is 15.2 Å². The molecule has 1 aliphatic heterocycles. The first kappa shape index (κ1) is 15.1. The molecule has 5 nitrogen and oxygen atoms in total. The van der Waals surface area contributed by atoms with Gasteiger partial charge >= 0.3 is 0 Å². The SMILES string of the molecule is CCC(C)CS(=O)(=O)CC(N)c1ccc2c(c1)OCO2. The fraction of sp³-hybridized carbons (Fsp3) is 0.571. The summed E-state index contributed by atoms with van der Waals surface area (Å²) >= 11 is 0. The minimum Gasteiger partial charge on any atom is -0.454 e. The maximum absolute atomic E-state index is 12.1. The normalized spacial score (nSPS) is 16.9. The summed E-state index contributed by atoms with van der Waals surface area (Å²) in [6.45, 7) is 4.11. The Labute approximate surface area is 120 Å². The number of nitrogens with two attached hydrogens (primary N) is 1. The van der Waals surface area contributed by atoms with Gasteiger partial charge in [0.25, 0.3) is 0 Å². The first-order chi connectivity index (χ1) is 9.41. The Kier molecular flexibility index (Phi) is 4.55. The van der Waals surface area contributed by atoms with Crippen molar-refractivity contribution < 1.29 is 17.9 Å². The second-order valence-corrected chi connectivity index (χ2v) is 7.46. The molecule has 2 atom stereocenters. The van der Waals surface area contributed by atoms with Crippen LogP contribution in [0.1, 0.15) is 31.9 Å². The predicted octanol–water partition coefficient (Wildman–Crippen LogP) is 1.88. The van der Waals surface area contributed by atoms with Gasteiger partial charge in [-0.3, -0.25) is 0 Å². The average molecular weight is 299 g/mol. The van der Waals surface area contributed by atoms with Crippen LogP contribution in [0.2, 0.25) is 0 Å². The molecular weight excluding hydrogens is 278 g/mol. The Balaban J connectivity index is 2.06. The molecule has 2 N–H and O–H groups in total. The van der Waals surface area contributed by atoms with Crippen LogP contribution in [0, 0.1) is 5.92 Å². The van der Waals surface area contributed by atoms with Gasteiger partial charge in [-0.15, -0.1) is 0 Å². The van der Waals surface area contributed by atoms with Gasteiger partial charge in [0.15, 0.2) is 21.3 Å². The first-order valence-electron chi connectivity index (χ1n) is 6.77. The minimum absolute atomic E-state index is 0.0447. The van der Waals surface area contributed by atoms with E-state index in [9.17, 15) is 8.42 Å². The average Bonchev–Trinajstić information content (AvgIpc) is 2.84. The number of rotatable bonds is 6. The Morgan fingerprint density at radius 1 is 1.25 bits per heavy atom. The van der Waals surface area contributed by atoms with E-state index in [0.717, 1.165) is 12.0 Å².